The fraction of sp³-hybridized carbons (Fsp3) is 0.444. The van der Waals surface area contributed by atoms with Gasteiger partial charge in [-0.1, -0.05) is 36.8 Å². The van der Waals surface area contributed by atoms with E-state index < -0.39 is 16.3 Å². The molecule has 3 heterocycles. The average Bonchev–Trinajstić information content (AvgIpc) is 3.35. The van der Waals surface area contributed by atoms with Crippen molar-refractivity contribution in [1.82, 2.24) is 18.7 Å². The summed E-state index contributed by atoms with van der Waals surface area (Å²) in [6, 6.07) is 13.4. The first-order chi connectivity index (χ1) is 17.8. The third-order valence-electron chi connectivity index (χ3n) is 7.51. The Balaban J connectivity index is 1.25. The Morgan fingerprint density at radius 3 is 2.59 bits per heavy atom. The molecule has 37 heavy (non-hydrogen) atoms. The van der Waals surface area contributed by atoms with E-state index in [-0.39, 0.29) is 24.2 Å². The van der Waals surface area contributed by atoms with Gasteiger partial charge in [-0.3, -0.25) is 9.63 Å². The van der Waals surface area contributed by atoms with Crippen molar-refractivity contribution in [2.75, 3.05) is 26.7 Å². The molecular weight excluding hydrogens is 495 g/mol. The number of halogens is 1. The smallest absolute Gasteiger partial charge is 0.282 e. The van der Waals surface area contributed by atoms with Crippen LogP contribution in [-0.2, 0) is 26.4 Å². The molecule has 1 unspecified atom stereocenters. The van der Waals surface area contributed by atoms with Crippen LogP contribution >= 0.6 is 0 Å². The molecule has 1 aromatic heterocycles. The van der Waals surface area contributed by atoms with Crippen LogP contribution in [0.5, 0.6) is 0 Å². The molecule has 1 atom stereocenters. The number of piperidine rings is 2. The highest BCUT2D eigenvalue weighted by atomic mass is 32.2. The summed E-state index contributed by atoms with van der Waals surface area (Å²) in [5, 5.41) is 2.02. The van der Waals surface area contributed by atoms with E-state index in [9.17, 15) is 17.6 Å². The molecule has 2 aromatic carbocycles. The van der Waals surface area contributed by atoms with Gasteiger partial charge in [0.15, 0.2) is 0 Å². The fourth-order valence-corrected chi connectivity index (χ4v) is 7.29. The first-order valence-corrected chi connectivity index (χ1v) is 14.2. The standard InChI is InChI=1S/C27H33FN4O4S/c1-30(36-19-20-7-3-2-4-8-20)27(33)26-9-5-6-14-32(26)37(34,35)31-15-12-21(13-16-31)24-18-29-25-11-10-22(28)17-23(24)25/h2-4,7-8,10-11,17-18,21,26,29H,5-6,9,12-16,19H2,1H3. The lowest BCUT2D eigenvalue weighted by molar-refractivity contribution is -0.187. The summed E-state index contributed by atoms with van der Waals surface area (Å²) >= 11 is 0. The number of aromatic amines is 1. The van der Waals surface area contributed by atoms with Crippen molar-refractivity contribution in [3.63, 3.8) is 0 Å². The molecule has 10 heteroatoms. The molecule has 0 radical (unpaired) electrons. The summed E-state index contributed by atoms with van der Waals surface area (Å²) in [6.07, 6.45) is 5.14. The summed E-state index contributed by atoms with van der Waals surface area (Å²) in [6.45, 7) is 1.25. The molecule has 2 aliphatic heterocycles. The number of H-pyrrole nitrogens is 1. The predicted octanol–water partition coefficient (Wildman–Crippen LogP) is 4.18. The van der Waals surface area contributed by atoms with E-state index in [2.05, 4.69) is 4.98 Å². The van der Waals surface area contributed by atoms with E-state index in [4.69, 9.17) is 4.84 Å². The Morgan fingerprint density at radius 1 is 1.08 bits per heavy atom. The molecule has 1 amide bonds. The molecule has 1 N–H and O–H groups in total. The van der Waals surface area contributed by atoms with Crippen molar-refractivity contribution in [3.8, 4) is 0 Å². The molecule has 0 saturated carbocycles. The van der Waals surface area contributed by atoms with Crippen molar-refractivity contribution in [2.24, 2.45) is 0 Å². The first kappa shape index (κ1) is 25.8. The fourth-order valence-electron chi connectivity index (χ4n) is 5.45. The second-order valence-electron chi connectivity index (χ2n) is 9.83. The molecule has 0 bridgehead atoms. The number of fused-ring (bicyclic) bond motifs is 1. The number of amides is 1. The maximum atomic E-state index is 13.8. The summed E-state index contributed by atoms with van der Waals surface area (Å²) in [5.74, 6) is -0.500. The topological polar surface area (TPSA) is 85.9 Å². The second kappa shape index (κ2) is 10.9. The molecule has 2 saturated heterocycles. The SMILES string of the molecule is CN(OCc1ccccc1)C(=O)C1CCCCN1S(=O)(=O)N1CCC(c2c[nH]c3ccc(F)cc23)CC1. The van der Waals surface area contributed by atoms with Crippen LogP contribution in [0.2, 0.25) is 0 Å². The number of hydrogen-bond acceptors (Lipinski definition) is 4. The minimum Gasteiger partial charge on any atom is -0.361 e. The van der Waals surface area contributed by atoms with Gasteiger partial charge in [0.1, 0.15) is 18.5 Å². The molecular formula is C27H33FN4O4S. The predicted molar refractivity (Wildman–Crippen MR) is 139 cm³/mol. The van der Waals surface area contributed by atoms with Gasteiger partial charge in [-0.2, -0.15) is 17.0 Å². The molecule has 2 aliphatic rings. The minimum absolute atomic E-state index is 0.137. The van der Waals surface area contributed by atoms with Crippen LogP contribution in [0, 0.1) is 5.82 Å². The molecule has 0 aliphatic carbocycles. The molecule has 2 fully saturated rings. The van der Waals surface area contributed by atoms with Crippen molar-refractivity contribution in [1.29, 1.82) is 0 Å². The summed E-state index contributed by atoms with van der Waals surface area (Å²) in [7, 11) is -2.28. The van der Waals surface area contributed by atoms with Gasteiger partial charge in [-0.15, -0.1) is 0 Å². The third-order valence-corrected chi connectivity index (χ3v) is 9.56. The van der Waals surface area contributed by atoms with Gasteiger partial charge >= 0.3 is 0 Å². The summed E-state index contributed by atoms with van der Waals surface area (Å²) in [5.41, 5.74) is 2.82. The minimum atomic E-state index is -3.83. The van der Waals surface area contributed by atoms with Gasteiger partial charge in [0.05, 0.1) is 0 Å². The third kappa shape index (κ3) is 5.43. The van der Waals surface area contributed by atoms with Crippen molar-refractivity contribution >= 4 is 27.0 Å². The number of nitrogens with zero attached hydrogens (tertiary/aromatic N) is 3. The van der Waals surface area contributed by atoms with Crippen LogP contribution in [0.1, 0.15) is 49.1 Å². The van der Waals surface area contributed by atoms with Gasteiger partial charge in [0, 0.05) is 43.8 Å². The zero-order valence-corrected chi connectivity index (χ0v) is 21.8. The van der Waals surface area contributed by atoms with E-state index in [1.807, 2.05) is 36.5 Å². The van der Waals surface area contributed by atoms with Crippen molar-refractivity contribution in [3.05, 3.63) is 71.7 Å². The number of nitrogens with one attached hydrogen (secondary N) is 1. The molecule has 8 nitrogen and oxygen atoms in total. The number of aromatic nitrogens is 1. The maximum absolute atomic E-state index is 13.8. The Labute approximate surface area is 217 Å². The van der Waals surface area contributed by atoms with Gasteiger partial charge in [0.2, 0.25) is 0 Å². The number of benzene rings is 2. The normalized spacial score (nSPS) is 20.3. The van der Waals surface area contributed by atoms with Crippen molar-refractivity contribution in [2.45, 2.75) is 50.7 Å². The van der Waals surface area contributed by atoms with E-state index in [1.165, 1.54) is 25.8 Å². The van der Waals surface area contributed by atoms with Crippen LogP contribution in [0.15, 0.2) is 54.7 Å². The largest absolute Gasteiger partial charge is 0.361 e. The molecule has 3 aromatic rings. The summed E-state index contributed by atoms with van der Waals surface area (Å²) in [4.78, 5) is 22.1. The molecule has 0 spiro atoms. The van der Waals surface area contributed by atoms with Crippen LogP contribution in [0.3, 0.4) is 0 Å². The van der Waals surface area contributed by atoms with Crippen molar-refractivity contribution < 1.29 is 22.4 Å². The number of hydrogen-bond donors (Lipinski definition) is 1. The zero-order chi connectivity index (χ0) is 26.0. The van der Waals surface area contributed by atoms with Gasteiger partial charge < -0.3 is 4.98 Å². The number of carbonyl (C=O) groups is 1. The van der Waals surface area contributed by atoms with Crippen LogP contribution < -0.4 is 0 Å². The molecule has 5 rings (SSSR count). The number of rotatable bonds is 7. The first-order valence-electron chi connectivity index (χ1n) is 12.8. The van der Waals surface area contributed by atoms with Crippen LogP contribution in [-0.4, -0.2) is 65.7 Å². The van der Waals surface area contributed by atoms with Gasteiger partial charge in [-0.05, 0) is 60.9 Å². The highest BCUT2D eigenvalue weighted by molar-refractivity contribution is 7.86. The monoisotopic (exact) mass is 528 g/mol. The number of hydroxylamine groups is 2. The van der Waals surface area contributed by atoms with E-state index in [1.54, 1.807) is 13.1 Å². The highest BCUT2D eigenvalue weighted by Crippen LogP contribution is 2.35. The Morgan fingerprint density at radius 2 is 1.84 bits per heavy atom. The summed E-state index contributed by atoms with van der Waals surface area (Å²) < 4.78 is 44.1. The lowest BCUT2D eigenvalue weighted by Crippen LogP contribution is -2.56. The lowest BCUT2D eigenvalue weighted by atomic mass is 9.90. The number of carbonyl (C=O) groups excluding carboxylic acids is 1. The van der Waals surface area contributed by atoms with Gasteiger partial charge in [-0.25, -0.2) is 9.45 Å². The van der Waals surface area contributed by atoms with E-state index in [0.717, 1.165) is 34.9 Å². The van der Waals surface area contributed by atoms with E-state index in [0.29, 0.717) is 38.9 Å². The van der Waals surface area contributed by atoms with Crippen LogP contribution in [0.25, 0.3) is 10.9 Å². The quantitative estimate of drug-likeness (QED) is 0.467. The Kier molecular flexibility index (Phi) is 7.62. The van der Waals surface area contributed by atoms with Gasteiger partial charge in [0.25, 0.3) is 16.1 Å². The lowest BCUT2D eigenvalue weighted by Gasteiger charge is -2.40. The number of likely N-dealkylation sites (N-methyl/N-ethyl adjacent to an activating group) is 1. The Bertz CT molecular complexity index is 1340. The second-order valence-corrected chi connectivity index (χ2v) is 11.7. The molecule has 198 valence electrons. The zero-order valence-electron chi connectivity index (χ0n) is 21.0. The highest BCUT2D eigenvalue weighted by Gasteiger charge is 2.42. The van der Waals surface area contributed by atoms with Crippen LogP contribution in [0.4, 0.5) is 4.39 Å². The van der Waals surface area contributed by atoms with E-state index >= 15 is 0 Å². The maximum Gasteiger partial charge on any atom is 0.282 e. The average molecular weight is 529 g/mol. The Hall–Kier alpha value is -2.79.